The van der Waals surface area contributed by atoms with E-state index in [0.717, 1.165) is 0 Å². The zero-order valence-electron chi connectivity index (χ0n) is 9.52. The SMILES string of the molecule is N[C@@H](CO)NC(=O)[C@@H]1Cc2ccccc2CN1. The van der Waals surface area contributed by atoms with Crippen molar-refractivity contribution in [3.63, 3.8) is 0 Å². The van der Waals surface area contributed by atoms with Crippen LogP contribution in [-0.4, -0.2) is 29.8 Å². The molecule has 1 heterocycles. The summed E-state index contributed by atoms with van der Waals surface area (Å²) in [7, 11) is 0. The van der Waals surface area contributed by atoms with Crippen molar-refractivity contribution >= 4 is 5.91 Å². The van der Waals surface area contributed by atoms with E-state index in [1.807, 2.05) is 18.2 Å². The first-order valence-corrected chi connectivity index (χ1v) is 5.67. The van der Waals surface area contributed by atoms with Gasteiger partial charge in [-0.2, -0.15) is 0 Å². The molecule has 1 aliphatic rings. The molecular formula is C12H17N3O2. The third-order valence-electron chi connectivity index (χ3n) is 2.92. The highest BCUT2D eigenvalue weighted by Crippen LogP contribution is 2.16. The van der Waals surface area contributed by atoms with Gasteiger partial charge in [0, 0.05) is 6.54 Å². The van der Waals surface area contributed by atoms with Crippen molar-refractivity contribution in [2.75, 3.05) is 6.61 Å². The molecule has 5 N–H and O–H groups in total. The molecule has 0 radical (unpaired) electrons. The van der Waals surface area contributed by atoms with Crippen LogP contribution in [0.15, 0.2) is 24.3 Å². The third-order valence-corrected chi connectivity index (χ3v) is 2.92. The van der Waals surface area contributed by atoms with Crippen molar-refractivity contribution in [1.29, 1.82) is 0 Å². The first-order valence-electron chi connectivity index (χ1n) is 5.67. The molecule has 0 saturated heterocycles. The number of aliphatic hydroxyl groups excluding tert-OH is 1. The Kier molecular flexibility index (Phi) is 3.73. The zero-order chi connectivity index (χ0) is 12.3. The highest BCUT2D eigenvalue weighted by Gasteiger charge is 2.24. The van der Waals surface area contributed by atoms with E-state index in [9.17, 15) is 4.79 Å². The standard InChI is InChI=1S/C12H17N3O2/c13-11(7-16)15-12(17)10-5-8-3-1-2-4-9(8)6-14-10/h1-4,10-11,14,16H,5-7,13H2,(H,15,17)/t10-,11+/m0/s1. The number of carbonyl (C=O) groups excluding carboxylic acids is 1. The molecule has 0 saturated carbocycles. The van der Waals surface area contributed by atoms with Gasteiger partial charge in [-0.3, -0.25) is 4.79 Å². The molecule has 5 nitrogen and oxygen atoms in total. The summed E-state index contributed by atoms with van der Waals surface area (Å²) in [6.07, 6.45) is -0.0402. The van der Waals surface area contributed by atoms with Crippen molar-refractivity contribution < 1.29 is 9.90 Å². The maximum Gasteiger partial charge on any atom is 0.238 e. The van der Waals surface area contributed by atoms with Gasteiger partial charge in [0.2, 0.25) is 5.91 Å². The number of hydrogen-bond acceptors (Lipinski definition) is 4. The van der Waals surface area contributed by atoms with E-state index in [-0.39, 0.29) is 18.6 Å². The average Bonchev–Trinajstić information content (AvgIpc) is 2.38. The molecular weight excluding hydrogens is 218 g/mol. The van der Waals surface area contributed by atoms with E-state index < -0.39 is 6.17 Å². The number of nitrogens with one attached hydrogen (secondary N) is 2. The van der Waals surface area contributed by atoms with Crippen LogP contribution < -0.4 is 16.4 Å². The molecule has 1 aromatic rings. The van der Waals surface area contributed by atoms with Gasteiger partial charge in [0.05, 0.1) is 12.6 Å². The first-order chi connectivity index (χ1) is 8.20. The zero-order valence-corrected chi connectivity index (χ0v) is 9.52. The molecule has 92 valence electrons. The lowest BCUT2D eigenvalue weighted by atomic mass is 9.95. The van der Waals surface area contributed by atoms with Crippen molar-refractivity contribution in [2.45, 2.75) is 25.2 Å². The first kappa shape index (κ1) is 12.0. The summed E-state index contributed by atoms with van der Waals surface area (Å²) < 4.78 is 0. The number of amides is 1. The number of aliphatic hydroxyl groups is 1. The summed E-state index contributed by atoms with van der Waals surface area (Å²) in [5.74, 6) is -0.166. The minimum absolute atomic E-state index is 0.166. The molecule has 2 rings (SSSR count). The summed E-state index contributed by atoms with van der Waals surface area (Å²) in [6.45, 7) is 0.428. The Morgan fingerprint density at radius 1 is 1.53 bits per heavy atom. The van der Waals surface area contributed by atoms with Gasteiger partial charge in [0.25, 0.3) is 0 Å². The molecule has 0 spiro atoms. The maximum absolute atomic E-state index is 11.8. The number of rotatable bonds is 3. The van der Waals surface area contributed by atoms with Crippen molar-refractivity contribution in [1.82, 2.24) is 10.6 Å². The maximum atomic E-state index is 11.8. The molecule has 0 bridgehead atoms. The fourth-order valence-electron chi connectivity index (χ4n) is 1.97. The summed E-state index contributed by atoms with van der Waals surface area (Å²) in [5.41, 5.74) is 7.87. The monoisotopic (exact) mass is 235 g/mol. The number of hydrogen-bond donors (Lipinski definition) is 4. The Balaban J connectivity index is 2.00. The van der Waals surface area contributed by atoms with E-state index in [4.69, 9.17) is 10.8 Å². The fraction of sp³-hybridized carbons (Fsp3) is 0.417. The van der Waals surface area contributed by atoms with Crippen molar-refractivity contribution in [3.8, 4) is 0 Å². The predicted molar refractivity (Wildman–Crippen MR) is 64.0 cm³/mol. The van der Waals surface area contributed by atoms with Gasteiger partial charge in [-0.05, 0) is 17.5 Å². The van der Waals surface area contributed by atoms with Gasteiger partial charge in [0.1, 0.15) is 6.17 Å². The van der Waals surface area contributed by atoms with E-state index in [0.29, 0.717) is 13.0 Å². The normalized spacial score (nSPS) is 20.5. The number of nitrogens with two attached hydrogens (primary N) is 1. The average molecular weight is 235 g/mol. The Morgan fingerprint density at radius 3 is 2.94 bits per heavy atom. The van der Waals surface area contributed by atoms with Gasteiger partial charge in [-0.15, -0.1) is 0 Å². The predicted octanol–water partition coefficient (Wildman–Crippen LogP) is -0.906. The van der Waals surface area contributed by atoms with E-state index in [2.05, 4.69) is 16.7 Å². The Bertz CT molecular complexity index is 408. The lowest BCUT2D eigenvalue weighted by molar-refractivity contribution is -0.124. The molecule has 5 heteroatoms. The molecule has 0 aromatic heterocycles. The number of fused-ring (bicyclic) bond motifs is 1. The van der Waals surface area contributed by atoms with E-state index in [1.165, 1.54) is 11.1 Å². The quantitative estimate of drug-likeness (QED) is 0.511. The van der Waals surface area contributed by atoms with Crippen molar-refractivity contribution in [2.24, 2.45) is 5.73 Å². The van der Waals surface area contributed by atoms with Gasteiger partial charge in [0.15, 0.2) is 0 Å². The smallest absolute Gasteiger partial charge is 0.238 e. The van der Waals surface area contributed by atoms with E-state index in [1.54, 1.807) is 0 Å². The molecule has 2 atom stereocenters. The lowest BCUT2D eigenvalue weighted by Crippen LogP contribution is -2.53. The lowest BCUT2D eigenvalue weighted by Gasteiger charge is -2.26. The van der Waals surface area contributed by atoms with Crippen LogP contribution in [0.4, 0.5) is 0 Å². The van der Waals surface area contributed by atoms with Gasteiger partial charge >= 0.3 is 0 Å². The highest BCUT2D eigenvalue weighted by atomic mass is 16.3. The van der Waals surface area contributed by atoms with Gasteiger partial charge < -0.3 is 21.5 Å². The second kappa shape index (κ2) is 5.27. The molecule has 0 fully saturated rings. The van der Waals surface area contributed by atoms with Crippen LogP contribution in [0, 0.1) is 0 Å². The molecule has 1 aliphatic heterocycles. The highest BCUT2D eigenvalue weighted by molar-refractivity contribution is 5.82. The fourth-order valence-corrected chi connectivity index (χ4v) is 1.97. The van der Waals surface area contributed by atoms with Crippen LogP contribution in [-0.2, 0) is 17.8 Å². The van der Waals surface area contributed by atoms with Gasteiger partial charge in [-0.25, -0.2) is 0 Å². The van der Waals surface area contributed by atoms with Crippen molar-refractivity contribution in [3.05, 3.63) is 35.4 Å². The van der Waals surface area contributed by atoms with Crippen LogP contribution in [0.3, 0.4) is 0 Å². The topological polar surface area (TPSA) is 87.4 Å². The summed E-state index contributed by atoms with van der Waals surface area (Å²) >= 11 is 0. The number of carbonyl (C=O) groups is 1. The minimum Gasteiger partial charge on any atom is -0.393 e. The second-order valence-electron chi connectivity index (χ2n) is 4.20. The minimum atomic E-state index is -0.693. The van der Waals surface area contributed by atoms with Crippen LogP contribution in [0.5, 0.6) is 0 Å². The summed E-state index contributed by atoms with van der Waals surface area (Å²) in [6, 6.07) is 7.77. The molecule has 1 aromatic carbocycles. The van der Waals surface area contributed by atoms with Gasteiger partial charge in [-0.1, -0.05) is 24.3 Å². The third kappa shape index (κ3) is 2.82. The van der Waals surface area contributed by atoms with Crippen LogP contribution >= 0.6 is 0 Å². The Labute approximate surface area is 100 Å². The Hall–Kier alpha value is -1.43. The molecule has 0 unspecified atom stereocenters. The molecule has 17 heavy (non-hydrogen) atoms. The molecule has 1 amide bonds. The van der Waals surface area contributed by atoms with Crippen LogP contribution in [0.2, 0.25) is 0 Å². The Morgan fingerprint density at radius 2 is 2.24 bits per heavy atom. The number of benzene rings is 1. The second-order valence-corrected chi connectivity index (χ2v) is 4.20. The van der Waals surface area contributed by atoms with Crippen LogP contribution in [0.1, 0.15) is 11.1 Å². The van der Waals surface area contributed by atoms with Crippen LogP contribution in [0.25, 0.3) is 0 Å². The molecule has 0 aliphatic carbocycles. The van der Waals surface area contributed by atoms with E-state index >= 15 is 0 Å². The summed E-state index contributed by atoms with van der Waals surface area (Å²) in [5, 5.41) is 14.5. The summed E-state index contributed by atoms with van der Waals surface area (Å²) in [4.78, 5) is 11.8. The largest absolute Gasteiger partial charge is 0.393 e.